The quantitative estimate of drug-likeness (QED) is 0.762. The van der Waals surface area contributed by atoms with Crippen molar-refractivity contribution in [3.63, 3.8) is 0 Å². The first-order chi connectivity index (χ1) is 7.20. The Bertz CT molecular complexity index is 375. The standard InChI is InChI=1S/C10H18N4S/c1-7(8-5-3-2-4-6-8)14-9(11)12-13-10(14)15/h7-8H,2-6H2,1H3,(H2,11,12)(H,13,15). The number of nitrogens with one attached hydrogen (secondary N) is 1. The third kappa shape index (κ3) is 2.07. The highest BCUT2D eigenvalue weighted by Gasteiger charge is 2.23. The number of rotatable bonds is 2. The first-order valence-electron chi connectivity index (χ1n) is 5.62. The van der Waals surface area contributed by atoms with E-state index < -0.39 is 0 Å². The van der Waals surface area contributed by atoms with Gasteiger partial charge >= 0.3 is 0 Å². The van der Waals surface area contributed by atoms with E-state index in [-0.39, 0.29) is 0 Å². The Hall–Kier alpha value is -0.840. The van der Waals surface area contributed by atoms with Crippen LogP contribution in [0.25, 0.3) is 0 Å². The summed E-state index contributed by atoms with van der Waals surface area (Å²) in [6.45, 7) is 2.19. The number of nitrogens with zero attached hydrogens (tertiary/aromatic N) is 2. The van der Waals surface area contributed by atoms with Crippen LogP contribution in [-0.2, 0) is 0 Å². The number of hydrogen-bond acceptors (Lipinski definition) is 3. The van der Waals surface area contributed by atoms with Crippen molar-refractivity contribution in [3.05, 3.63) is 4.77 Å². The van der Waals surface area contributed by atoms with Crippen molar-refractivity contribution in [2.75, 3.05) is 5.73 Å². The van der Waals surface area contributed by atoms with Crippen LogP contribution in [0.3, 0.4) is 0 Å². The van der Waals surface area contributed by atoms with Gasteiger partial charge in [0.1, 0.15) is 0 Å². The van der Waals surface area contributed by atoms with Gasteiger partial charge in [-0.25, -0.2) is 5.10 Å². The van der Waals surface area contributed by atoms with Gasteiger partial charge in [-0.1, -0.05) is 19.3 Å². The monoisotopic (exact) mass is 226 g/mol. The fourth-order valence-electron chi connectivity index (χ4n) is 2.54. The van der Waals surface area contributed by atoms with E-state index in [1.807, 2.05) is 4.57 Å². The van der Waals surface area contributed by atoms with Crippen molar-refractivity contribution >= 4 is 18.2 Å². The van der Waals surface area contributed by atoms with E-state index in [0.29, 0.717) is 22.7 Å². The van der Waals surface area contributed by atoms with E-state index in [1.54, 1.807) is 0 Å². The molecule has 15 heavy (non-hydrogen) atoms. The van der Waals surface area contributed by atoms with Crippen LogP contribution in [0.1, 0.15) is 45.1 Å². The molecule has 0 aromatic carbocycles. The summed E-state index contributed by atoms with van der Waals surface area (Å²) in [5.41, 5.74) is 5.80. The molecule has 0 radical (unpaired) electrons. The fourth-order valence-corrected chi connectivity index (χ4v) is 2.84. The zero-order chi connectivity index (χ0) is 10.8. The van der Waals surface area contributed by atoms with E-state index in [0.717, 1.165) is 0 Å². The van der Waals surface area contributed by atoms with Gasteiger partial charge in [-0.3, -0.25) is 4.57 Å². The average molecular weight is 226 g/mol. The third-order valence-corrected chi connectivity index (χ3v) is 3.76. The molecule has 1 saturated carbocycles. The van der Waals surface area contributed by atoms with Crippen LogP contribution in [-0.4, -0.2) is 14.8 Å². The van der Waals surface area contributed by atoms with Gasteiger partial charge in [0.25, 0.3) is 0 Å². The van der Waals surface area contributed by atoms with Gasteiger partial charge in [0.05, 0.1) is 0 Å². The van der Waals surface area contributed by atoms with Crippen LogP contribution in [0.4, 0.5) is 5.95 Å². The van der Waals surface area contributed by atoms with Crippen molar-refractivity contribution in [2.45, 2.75) is 45.1 Å². The molecule has 0 saturated heterocycles. The first kappa shape index (κ1) is 10.7. The van der Waals surface area contributed by atoms with Crippen molar-refractivity contribution in [1.82, 2.24) is 14.8 Å². The van der Waals surface area contributed by atoms with Gasteiger partial charge in [-0.05, 0) is 37.9 Å². The molecule has 0 spiro atoms. The van der Waals surface area contributed by atoms with Crippen molar-refractivity contribution in [2.24, 2.45) is 5.92 Å². The molecule has 1 fully saturated rings. The molecule has 1 unspecified atom stereocenters. The molecule has 4 nitrogen and oxygen atoms in total. The zero-order valence-electron chi connectivity index (χ0n) is 9.07. The van der Waals surface area contributed by atoms with Gasteiger partial charge in [0, 0.05) is 6.04 Å². The lowest BCUT2D eigenvalue weighted by atomic mass is 9.84. The normalized spacial score (nSPS) is 20.3. The number of nitrogens with two attached hydrogens (primary N) is 1. The summed E-state index contributed by atoms with van der Waals surface area (Å²) in [4.78, 5) is 0. The lowest BCUT2D eigenvalue weighted by Crippen LogP contribution is -2.20. The highest BCUT2D eigenvalue weighted by atomic mass is 32.1. The van der Waals surface area contributed by atoms with Crippen molar-refractivity contribution in [1.29, 1.82) is 0 Å². The Labute approximate surface area is 94.9 Å². The molecule has 1 aliphatic rings. The molecule has 1 aliphatic carbocycles. The van der Waals surface area contributed by atoms with Gasteiger partial charge in [-0.15, -0.1) is 5.10 Å². The molecule has 0 amide bonds. The number of nitrogen functional groups attached to an aromatic ring is 1. The highest BCUT2D eigenvalue weighted by molar-refractivity contribution is 7.71. The summed E-state index contributed by atoms with van der Waals surface area (Å²) < 4.78 is 2.59. The van der Waals surface area contributed by atoms with E-state index >= 15 is 0 Å². The topological polar surface area (TPSA) is 59.6 Å². The molecule has 0 bridgehead atoms. The second kappa shape index (κ2) is 4.35. The van der Waals surface area contributed by atoms with Crippen LogP contribution < -0.4 is 5.73 Å². The van der Waals surface area contributed by atoms with Crippen LogP contribution >= 0.6 is 12.2 Å². The smallest absolute Gasteiger partial charge is 0.220 e. The fraction of sp³-hybridized carbons (Fsp3) is 0.800. The average Bonchev–Trinajstić information content (AvgIpc) is 2.59. The Morgan fingerprint density at radius 3 is 2.67 bits per heavy atom. The lowest BCUT2D eigenvalue weighted by Gasteiger charge is -2.28. The minimum atomic E-state index is 0.372. The van der Waals surface area contributed by atoms with Crippen LogP contribution in [0.15, 0.2) is 0 Å². The van der Waals surface area contributed by atoms with E-state index in [9.17, 15) is 0 Å². The summed E-state index contributed by atoms with van der Waals surface area (Å²) in [6, 6.07) is 0.372. The van der Waals surface area contributed by atoms with E-state index in [2.05, 4.69) is 17.1 Å². The summed E-state index contributed by atoms with van der Waals surface area (Å²) >= 11 is 5.18. The number of H-pyrrole nitrogens is 1. The Morgan fingerprint density at radius 2 is 2.13 bits per heavy atom. The van der Waals surface area contributed by atoms with Crippen molar-refractivity contribution in [3.8, 4) is 0 Å². The lowest BCUT2D eigenvalue weighted by molar-refractivity contribution is 0.264. The Kier molecular flexibility index (Phi) is 3.09. The highest BCUT2D eigenvalue weighted by Crippen LogP contribution is 2.33. The van der Waals surface area contributed by atoms with Crippen LogP contribution in [0.2, 0.25) is 0 Å². The van der Waals surface area contributed by atoms with Gasteiger partial charge in [0.2, 0.25) is 5.95 Å². The third-order valence-electron chi connectivity index (χ3n) is 3.47. The molecule has 84 valence electrons. The van der Waals surface area contributed by atoms with E-state index in [1.165, 1.54) is 32.1 Å². The molecular formula is C10H18N4S. The number of aromatic nitrogens is 3. The minimum Gasteiger partial charge on any atom is -0.368 e. The number of hydrogen-bond donors (Lipinski definition) is 2. The number of anilines is 1. The summed E-state index contributed by atoms with van der Waals surface area (Å²) in [5, 5.41) is 6.70. The minimum absolute atomic E-state index is 0.372. The van der Waals surface area contributed by atoms with Gasteiger partial charge in [-0.2, -0.15) is 0 Å². The van der Waals surface area contributed by atoms with Crippen molar-refractivity contribution < 1.29 is 0 Å². The molecule has 0 aliphatic heterocycles. The van der Waals surface area contributed by atoms with E-state index in [4.69, 9.17) is 18.0 Å². The summed E-state index contributed by atoms with van der Waals surface area (Å²) in [6.07, 6.45) is 6.61. The first-order valence-corrected chi connectivity index (χ1v) is 6.03. The SMILES string of the molecule is CC(C1CCCCC1)n1c(N)n[nH]c1=S. The Balaban J connectivity index is 2.19. The zero-order valence-corrected chi connectivity index (χ0v) is 9.89. The second-order valence-corrected chi connectivity index (χ2v) is 4.78. The maximum Gasteiger partial charge on any atom is 0.220 e. The van der Waals surface area contributed by atoms with Gasteiger partial charge in [0.15, 0.2) is 4.77 Å². The Morgan fingerprint density at radius 1 is 1.47 bits per heavy atom. The molecule has 1 heterocycles. The van der Waals surface area contributed by atoms with Crippen LogP contribution in [0.5, 0.6) is 0 Å². The molecule has 5 heteroatoms. The molecule has 1 aromatic rings. The van der Waals surface area contributed by atoms with Crippen LogP contribution in [0, 0.1) is 10.7 Å². The molecular weight excluding hydrogens is 208 g/mol. The summed E-state index contributed by atoms with van der Waals surface area (Å²) in [5.74, 6) is 1.21. The van der Waals surface area contributed by atoms with Gasteiger partial charge < -0.3 is 5.73 Å². The summed E-state index contributed by atoms with van der Waals surface area (Å²) in [7, 11) is 0. The number of aromatic amines is 1. The molecule has 1 aromatic heterocycles. The predicted octanol–water partition coefficient (Wildman–Crippen LogP) is 2.66. The predicted molar refractivity (Wildman–Crippen MR) is 63.1 cm³/mol. The maximum atomic E-state index is 5.80. The molecule has 2 rings (SSSR count). The molecule has 3 N–H and O–H groups in total. The largest absolute Gasteiger partial charge is 0.368 e. The second-order valence-electron chi connectivity index (χ2n) is 4.40. The molecule has 1 atom stereocenters. The maximum absolute atomic E-state index is 5.80.